The van der Waals surface area contributed by atoms with Crippen molar-refractivity contribution in [3.63, 3.8) is 0 Å². The molecule has 0 saturated carbocycles. The maximum Gasteiger partial charge on any atom is 0.162 e. The van der Waals surface area contributed by atoms with Crippen molar-refractivity contribution in [3.8, 4) is 28.0 Å². The molecule has 0 atom stereocenters. The number of hydrogen-bond acceptors (Lipinski definition) is 4. The largest absolute Gasteiger partial charge is 0.497 e. The molecule has 3 heterocycles. The lowest BCUT2D eigenvalue weighted by Crippen LogP contribution is -1.92. The molecular formula is C18H14N4O. The Morgan fingerprint density at radius 3 is 2.70 bits per heavy atom. The van der Waals surface area contributed by atoms with E-state index in [2.05, 4.69) is 15.1 Å². The Hall–Kier alpha value is -3.21. The number of fused-ring (bicyclic) bond motifs is 1. The fraction of sp³-hybridized carbons (Fsp3) is 0.0556. The van der Waals surface area contributed by atoms with Gasteiger partial charge in [0.2, 0.25) is 0 Å². The van der Waals surface area contributed by atoms with Crippen LogP contribution in [-0.4, -0.2) is 26.7 Å². The standard InChI is InChI=1S/C18H14N4O/c1-23-16-6-2-4-13(8-16)15-10-20-18-17(11-21-22(18)12-15)14-5-3-7-19-9-14/h2-12H,1H3. The molecular weight excluding hydrogens is 288 g/mol. The highest BCUT2D eigenvalue weighted by Crippen LogP contribution is 2.26. The molecule has 3 aromatic heterocycles. The predicted molar refractivity (Wildman–Crippen MR) is 88.2 cm³/mol. The Bertz CT molecular complexity index is 963. The summed E-state index contributed by atoms with van der Waals surface area (Å²) in [5.74, 6) is 0.819. The number of rotatable bonds is 3. The second kappa shape index (κ2) is 5.53. The van der Waals surface area contributed by atoms with Crippen LogP contribution < -0.4 is 4.74 Å². The highest BCUT2D eigenvalue weighted by atomic mass is 16.5. The average molecular weight is 302 g/mol. The van der Waals surface area contributed by atoms with Crippen molar-refractivity contribution >= 4 is 5.65 Å². The van der Waals surface area contributed by atoms with Gasteiger partial charge < -0.3 is 4.74 Å². The van der Waals surface area contributed by atoms with Crippen LogP contribution in [0.25, 0.3) is 27.9 Å². The first kappa shape index (κ1) is 13.5. The van der Waals surface area contributed by atoms with Crippen molar-refractivity contribution in [2.24, 2.45) is 0 Å². The third kappa shape index (κ3) is 2.42. The molecule has 0 radical (unpaired) electrons. The minimum Gasteiger partial charge on any atom is -0.497 e. The SMILES string of the molecule is COc1cccc(-c2cnc3c(-c4cccnc4)cnn3c2)c1. The Morgan fingerprint density at radius 2 is 1.87 bits per heavy atom. The van der Waals surface area contributed by atoms with E-state index in [0.717, 1.165) is 33.7 Å². The number of benzene rings is 1. The number of aromatic nitrogens is 4. The first-order chi connectivity index (χ1) is 11.3. The summed E-state index contributed by atoms with van der Waals surface area (Å²) in [5, 5.41) is 4.42. The van der Waals surface area contributed by atoms with Crippen LogP contribution in [0.15, 0.2) is 67.4 Å². The fourth-order valence-corrected chi connectivity index (χ4v) is 2.55. The summed E-state index contributed by atoms with van der Waals surface area (Å²) in [6.07, 6.45) is 9.20. The maximum absolute atomic E-state index is 5.28. The van der Waals surface area contributed by atoms with E-state index in [-0.39, 0.29) is 0 Å². The van der Waals surface area contributed by atoms with E-state index in [9.17, 15) is 0 Å². The molecule has 112 valence electrons. The molecule has 4 aromatic rings. The highest BCUT2D eigenvalue weighted by Gasteiger charge is 2.09. The van der Waals surface area contributed by atoms with Crippen LogP contribution in [0.1, 0.15) is 0 Å². The van der Waals surface area contributed by atoms with Gasteiger partial charge in [-0.3, -0.25) is 4.98 Å². The van der Waals surface area contributed by atoms with Gasteiger partial charge in [0, 0.05) is 41.5 Å². The van der Waals surface area contributed by atoms with Gasteiger partial charge in [0.1, 0.15) is 5.75 Å². The van der Waals surface area contributed by atoms with E-state index in [4.69, 9.17) is 4.74 Å². The Morgan fingerprint density at radius 1 is 0.957 bits per heavy atom. The summed E-state index contributed by atoms with van der Waals surface area (Å²) in [5.41, 5.74) is 4.80. The van der Waals surface area contributed by atoms with Crippen molar-refractivity contribution in [1.29, 1.82) is 0 Å². The van der Waals surface area contributed by atoms with Gasteiger partial charge in [0.25, 0.3) is 0 Å². The van der Waals surface area contributed by atoms with Crippen LogP contribution in [0.3, 0.4) is 0 Å². The first-order valence-electron chi connectivity index (χ1n) is 7.23. The average Bonchev–Trinajstić information content (AvgIpc) is 3.05. The minimum absolute atomic E-state index is 0.810. The number of nitrogens with zero attached hydrogens (tertiary/aromatic N) is 4. The molecule has 4 rings (SSSR count). The lowest BCUT2D eigenvalue weighted by molar-refractivity contribution is 0.415. The second-order valence-electron chi connectivity index (χ2n) is 5.14. The number of methoxy groups -OCH3 is 1. The van der Waals surface area contributed by atoms with Crippen molar-refractivity contribution in [2.45, 2.75) is 0 Å². The van der Waals surface area contributed by atoms with Crippen LogP contribution in [0.5, 0.6) is 5.75 Å². The molecule has 0 N–H and O–H groups in total. The number of hydrogen-bond donors (Lipinski definition) is 0. The summed E-state index contributed by atoms with van der Waals surface area (Å²) in [7, 11) is 1.66. The third-order valence-electron chi connectivity index (χ3n) is 3.73. The van der Waals surface area contributed by atoms with E-state index >= 15 is 0 Å². The fourth-order valence-electron chi connectivity index (χ4n) is 2.55. The summed E-state index contributed by atoms with van der Waals surface area (Å²) < 4.78 is 7.06. The zero-order valence-electron chi connectivity index (χ0n) is 12.5. The van der Waals surface area contributed by atoms with Crippen LogP contribution in [0.4, 0.5) is 0 Å². The molecule has 0 aliphatic heterocycles. The number of pyridine rings is 1. The quantitative estimate of drug-likeness (QED) is 0.581. The normalized spacial score (nSPS) is 10.8. The molecule has 0 fully saturated rings. The summed E-state index contributed by atoms with van der Waals surface area (Å²) in [6.45, 7) is 0. The van der Waals surface area contributed by atoms with Gasteiger partial charge in [-0.05, 0) is 23.8 Å². The maximum atomic E-state index is 5.28. The van der Waals surface area contributed by atoms with Gasteiger partial charge in [0.05, 0.1) is 13.3 Å². The summed E-state index contributed by atoms with van der Waals surface area (Å²) >= 11 is 0. The summed E-state index contributed by atoms with van der Waals surface area (Å²) in [6, 6.07) is 11.8. The Labute approximate surface area is 133 Å². The van der Waals surface area contributed by atoms with E-state index in [1.54, 1.807) is 17.8 Å². The topological polar surface area (TPSA) is 52.3 Å². The van der Waals surface area contributed by atoms with Crippen molar-refractivity contribution in [3.05, 3.63) is 67.4 Å². The smallest absolute Gasteiger partial charge is 0.162 e. The second-order valence-corrected chi connectivity index (χ2v) is 5.14. The molecule has 0 aliphatic rings. The van der Waals surface area contributed by atoms with Crippen molar-refractivity contribution < 1.29 is 4.74 Å². The molecule has 0 amide bonds. The number of ether oxygens (including phenoxy) is 1. The first-order valence-corrected chi connectivity index (χ1v) is 7.23. The Kier molecular flexibility index (Phi) is 3.24. The van der Waals surface area contributed by atoms with Gasteiger partial charge in [-0.25, -0.2) is 9.50 Å². The van der Waals surface area contributed by atoms with Crippen LogP contribution in [-0.2, 0) is 0 Å². The minimum atomic E-state index is 0.810. The monoisotopic (exact) mass is 302 g/mol. The third-order valence-corrected chi connectivity index (χ3v) is 3.73. The van der Waals surface area contributed by atoms with E-state index in [0.29, 0.717) is 0 Å². The summed E-state index contributed by atoms with van der Waals surface area (Å²) in [4.78, 5) is 8.73. The molecule has 23 heavy (non-hydrogen) atoms. The van der Waals surface area contributed by atoms with E-state index in [1.165, 1.54) is 0 Å². The zero-order valence-corrected chi connectivity index (χ0v) is 12.5. The van der Waals surface area contributed by atoms with E-state index < -0.39 is 0 Å². The lowest BCUT2D eigenvalue weighted by atomic mass is 10.1. The van der Waals surface area contributed by atoms with Crippen LogP contribution in [0.2, 0.25) is 0 Å². The highest BCUT2D eigenvalue weighted by molar-refractivity contribution is 5.77. The van der Waals surface area contributed by atoms with E-state index in [1.807, 2.05) is 61.2 Å². The Balaban J connectivity index is 1.81. The van der Waals surface area contributed by atoms with Gasteiger partial charge >= 0.3 is 0 Å². The lowest BCUT2D eigenvalue weighted by Gasteiger charge is -2.05. The van der Waals surface area contributed by atoms with Crippen LogP contribution in [0, 0.1) is 0 Å². The van der Waals surface area contributed by atoms with Crippen molar-refractivity contribution in [1.82, 2.24) is 19.6 Å². The van der Waals surface area contributed by atoms with Crippen molar-refractivity contribution in [2.75, 3.05) is 7.11 Å². The molecule has 0 saturated heterocycles. The van der Waals surface area contributed by atoms with Gasteiger partial charge in [-0.2, -0.15) is 5.10 Å². The molecule has 5 heteroatoms. The van der Waals surface area contributed by atoms with Gasteiger partial charge in [0.15, 0.2) is 5.65 Å². The zero-order chi connectivity index (χ0) is 15.6. The molecule has 1 aromatic carbocycles. The van der Waals surface area contributed by atoms with Gasteiger partial charge in [-0.1, -0.05) is 18.2 Å². The molecule has 0 aliphatic carbocycles. The van der Waals surface area contributed by atoms with Gasteiger partial charge in [-0.15, -0.1) is 0 Å². The van der Waals surface area contributed by atoms with Crippen LogP contribution >= 0.6 is 0 Å². The molecule has 0 bridgehead atoms. The predicted octanol–water partition coefficient (Wildman–Crippen LogP) is 3.47. The molecule has 0 unspecified atom stereocenters. The molecule has 5 nitrogen and oxygen atoms in total. The molecule has 0 spiro atoms.